The first kappa shape index (κ1) is 11.5. The lowest BCUT2D eigenvalue weighted by Gasteiger charge is -2.09. The van der Waals surface area contributed by atoms with E-state index in [9.17, 15) is 9.18 Å². The molecule has 0 saturated heterocycles. The van der Waals surface area contributed by atoms with E-state index in [0.29, 0.717) is 16.6 Å². The first-order valence-corrected chi connectivity index (χ1v) is 5.32. The SMILES string of the molecule is CC(C)c1cc(C(=O)O)c2ccc(F)cc2n1. The molecule has 0 unspecified atom stereocenters. The maximum absolute atomic E-state index is 13.1. The second kappa shape index (κ2) is 4.13. The van der Waals surface area contributed by atoms with E-state index in [1.54, 1.807) is 6.07 Å². The summed E-state index contributed by atoms with van der Waals surface area (Å²) in [5.74, 6) is -1.34. The molecular formula is C13H12FNO2. The standard InChI is InChI=1S/C13H12FNO2/c1-7(2)11-6-10(13(16)17)9-4-3-8(14)5-12(9)15-11/h3-7H,1-2H3,(H,16,17). The normalized spacial score (nSPS) is 11.1. The molecule has 1 aromatic heterocycles. The molecule has 0 aliphatic rings. The number of nitrogens with zero attached hydrogens (tertiary/aromatic N) is 1. The van der Waals surface area contributed by atoms with Crippen LogP contribution < -0.4 is 0 Å². The lowest BCUT2D eigenvalue weighted by atomic mass is 10.0. The first-order valence-electron chi connectivity index (χ1n) is 5.32. The fourth-order valence-electron chi connectivity index (χ4n) is 1.69. The molecule has 0 aliphatic heterocycles. The molecular weight excluding hydrogens is 221 g/mol. The van der Waals surface area contributed by atoms with Gasteiger partial charge in [0, 0.05) is 17.1 Å². The predicted molar refractivity (Wildman–Crippen MR) is 62.7 cm³/mol. The van der Waals surface area contributed by atoms with Gasteiger partial charge in [0.05, 0.1) is 11.1 Å². The Bertz CT molecular complexity index is 593. The average Bonchev–Trinajstić information content (AvgIpc) is 2.26. The molecule has 3 nitrogen and oxygen atoms in total. The average molecular weight is 233 g/mol. The van der Waals surface area contributed by atoms with Gasteiger partial charge in [-0.2, -0.15) is 0 Å². The van der Waals surface area contributed by atoms with E-state index in [1.165, 1.54) is 18.2 Å². The summed E-state index contributed by atoms with van der Waals surface area (Å²) >= 11 is 0. The fourth-order valence-corrected chi connectivity index (χ4v) is 1.69. The number of aromatic carboxylic acids is 1. The Balaban J connectivity index is 2.81. The van der Waals surface area contributed by atoms with Gasteiger partial charge >= 0.3 is 5.97 Å². The van der Waals surface area contributed by atoms with Gasteiger partial charge in [0.25, 0.3) is 0 Å². The third-order valence-corrected chi connectivity index (χ3v) is 2.61. The number of pyridine rings is 1. The fraction of sp³-hybridized carbons (Fsp3) is 0.231. The molecule has 1 heterocycles. The molecule has 1 N–H and O–H groups in total. The Morgan fingerprint density at radius 2 is 2.06 bits per heavy atom. The number of carboxylic acid groups (broad SMARTS) is 1. The second-order valence-electron chi connectivity index (χ2n) is 4.22. The Morgan fingerprint density at radius 3 is 2.65 bits per heavy atom. The predicted octanol–water partition coefficient (Wildman–Crippen LogP) is 3.20. The summed E-state index contributed by atoms with van der Waals surface area (Å²) in [5.41, 5.74) is 1.20. The molecule has 2 aromatic rings. The molecule has 0 spiro atoms. The molecule has 0 aliphatic carbocycles. The van der Waals surface area contributed by atoms with Gasteiger partial charge in [-0.3, -0.25) is 4.98 Å². The Kier molecular flexibility index (Phi) is 2.79. The number of benzene rings is 1. The van der Waals surface area contributed by atoms with Crippen molar-refractivity contribution in [3.8, 4) is 0 Å². The van der Waals surface area contributed by atoms with Crippen molar-refractivity contribution in [2.45, 2.75) is 19.8 Å². The highest BCUT2D eigenvalue weighted by Gasteiger charge is 2.13. The van der Waals surface area contributed by atoms with Crippen LogP contribution >= 0.6 is 0 Å². The van der Waals surface area contributed by atoms with Crippen LogP contribution in [0.3, 0.4) is 0 Å². The number of hydrogen-bond donors (Lipinski definition) is 1. The van der Waals surface area contributed by atoms with Gasteiger partial charge in [0.2, 0.25) is 0 Å². The van der Waals surface area contributed by atoms with Crippen LogP contribution in [-0.4, -0.2) is 16.1 Å². The van der Waals surface area contributed by atoms with Crippen molar-refractivity contribution < 1.29 is 14.3 Å². The van der Waals surface area contributed by atoms with Crippen molar-refractivity contribution in [1.29, 1.82) is 0 Å². The first-order chi connectivity index (χ1) is 7.99. The van der Waals surface area contributed by atoms with Crippen molar-refractivity contribution in [1.82, 2.24) is 4.98 Å². The summed E-state index contributed by atoms with van der Waals surface area (Å²) in [6, 6.07) is 5.50. The summed E-state index contributed by atoms with van der Waals surface area (Å²) in [6.07, 6.45) is 0. The van der Waals surface area contributed by atoms with E-state index in [1.807, 2.05) is 13.8 Å². The Labute approximate surface area is 97.9 Å². The molecule has 2 rings (SSSR count). The van der Waals surface area contributed by atoms with Crippen LogP contribution in [0.15, 0.2) is 24.3 Å². The Hall–Kier alpha value is -1.97. The molecule has 0 fully saturated rings. The van der Waals surface area contributed by atoms with Crippen LogP contribution in [-0.2, 0) is 0 Å². The van der Waals surface area contributed by atoms with Crippen LogP contribution in [0, 0.1) is 5.82 Å². The van der Waals surface area contributed by atoms with Crippen molar-refractivity contribution in [3.05, 3.63) is 41.3 Å². The molecule has 17 heavy (non-hydrogen) atoms. The van der Waals surface area contributed by atoms with Gasteiger partial charge in [-0.1, -0.05) is 13.8 Å². The lowest BCUT2D eigenvalue weighted by molar-refractivity contribution is 0.0699. The van der Waals surface area contributed by atoms with Gasteiger partial charge < -0.3 is 5.11 Å². The summed E-state index contributed by atoms with van der Waals surface area (Å²) in [7, 11) is 0. The molecule has 0 bridgehead atoms. The third kappa shape index (κ3) is 2.11. The monoisotopic (exact) mass is 233 g/mol. The van der Waals surface area contributed by atoms with Crippen LogP contribution in [0.5, 0.6) is 0 Å². The van der Waals surface area contributed by atoms with E-state index in [0.717, 1.165) is 0 Å². The molecule has 0 amide bonds. The topological polar surface area (TPSA) is 50.2 Å². The van der Waals surface area contributed by atoms with Gasteiger partial charge in [0.1, 0.15) is 5.82 Å². The highest BCUT2D eigenvalue weighted by atomic mass is 19.1. The second-order valence-corrected chi connectivity index (χ2v) is 4.22. The summed E-state index contributed by atoms with van der Waals surface area (Å²) in [4.78, 5) is 15.4. The summed E-state index contributed by atoms with van der Waals surface area (Å²) in [6.45, 7) is 3.83. The van der Waals surface area contributed by atoms with Crippen molar-refractivity contribution in [2.24, 2.45) is 0 Å². The van der Waals surface area contributed by atoms with Gasteiger partial charge in [-0.25, -0.2) is 9.18 Å². The smallest absolute Gasteiger partial charge is 0.336 e. The van der Waals surface area contributed by atoms with Crippen molar-refractivity contribution in [3.63, 3.8) is 0 Å². The molecule has 4 heteroatoms. The minimum atomic E-state index is -1.02. The van der Waals surface area contributed by atoms with Crippen LogP contribution in [0.1, 0.15) is 35.8 Å². The van der Waals surface area contributed by atoms with E-state index in [2.05, 4.69) is 4.98 Å². The zero-order chi connectivity index (χ0) is 12.6. The maximum Gasteiger partial charge on any atom is 0.336 e. The molecule has 1 aromatic carbocycles. The lowest BCUT2D eigenvalue weighted by Crippen LogP contribution is -2.03. The molecule has 0 atom stereocenters. The minimum absolute atomic E-state index is 0.0979. The van der Waals surface area contributed by atoms with Gasteiger partial charge in [-0.05, 0) is 24.1 Å². The summed E-state index contributed by atoms with van der Waals surface area (Å²) in [5, 5.41) is 9.60. The number of aromatic nitrogens is 1. The largest absolute Gasteiger partial charge is 0.478 e. The van der Waals surface area contributed by atoms with E-state index in [-0.39, 0.29) is 11.5 Å². The number of hydrogen-bond acceptors (Lipinski definition) is 2. The maximum atomic E-state index is 13.1. The number of fused-ring (bicyclic) bond motifs is 1. The molecule has 0 radical (unpaired) electrons. The van der Waals surface area contributed by atoms with Crippen LogP contribution in [0.2, 0.25) is 0 Å². The van der Waals surface area contributed by atoms with Crippen LogP contribution in [0.25, 0.3) is 10.9 Å². The quantitative estimate of drug-likeness (QED) is 0.866. The van der Waals surface area contributed by atoms with E-state index < -0.39 is 11.8 Å². The third-order valence-electron chi connectivity index (χ3n) is 2.61. The molecule has 0 saturated carbocycles. The van der Waals surface area contributed by atoms with Crippen molar-refractivity contribution in [2.75, 3.05) is 0 Å². The van der Waals surface area contributed by atoms with E-state index >= 15 is 0 Å². The number of carbonyl (C=O) groups is 1. The van der Waals surface area contributed by atoms with Gasteiger partial charge in [0.15, 0.2) is 0 Å². The zero-order valence-corrected chi connectivity index (χ0v) is 9.57. The highest BCUT2D eigenvalue weighted by molar-refractivity contribution is 6.02. The molecule has 88 valence electrons. The number of carboxylic acids is 1. The Morgan fingerprint density at radius 1 is 1.35 bits per heavy atom. The van der Waals surface area contributed by atoms with Crippen molar-refractivity contribution >= 4 is 16.9 Å². The number of halogens is 1. The summed E-state index contributed by atoms with van der Waals surface area (Å²) < 4.78 is 13.1. The minimum Gasteiger partial charge on any atom is -0.478 e. The zero-order valence-electron chi connectivity index (χ0n) is 9.57. The van der Waals surface area contributed by atoms with Crippen LogP contribution in [0.4, 0.5) is 4.39 Å². The number of rotatable bonds is 2. The highest BCUT2D eigenvalue weighted by Crippen LogP contribution is 2.23. The van der Waals surface area contributed by atoms with Gasteiger partial charge in [-0.15, -0.1) is 0 Å². The van der Waals surface area contributed by atoms with E-state index in [4.69, 9.17) is 5.11 Å².